The molecule has 86 valence electrons. The van der Waals surface area contributed by atoms with Gasteiger partial charge in [0, 0.05) is 12.3 Å². The Morgan fingerprint density at radius 2 is 2.00 bits per heavy atom. The van der Waals surface area contributed by atoms with Gasteiger partial charge in [0.25, 0.3) is 0 Å². The zero-order valence-corrected chi connectivity index (χ0v) is 9.17. The Balaban J connectivity index is 2.00. The summed E-state index contributed by atoms with van der Waals surface area (Å²) in [4.78, 5) is 4.07. The van der Waals surface area contributed by atoms with Gasteiger partial charge in [0.05, 0.1) is 0 Å². The molecule has 1 fully saturated rings. The second kappa shape index (κ2) is 5.32. The Morgan fingerprint density at radius 3 is 2.69 bits per heavy atom. The minimum absolute atomic E-state index is 0.229. The lowest BCUT2D eigenvalue weighted by atomic mass is 9.81. The summed E-state index contributed by atoms with van der Waals surface area (Å²) in [7, 11) is -1.46. The normalized spacial score (nSPS) is 17.1. The minimum Gasteiger partial charge on any atom is -0.474 e. The summed E-state index contributed by atoms with van der Waals surface area (Å²) >= 11 is 0. The molecule has 0 spiro atoms. The van der Waals surface area contributed by atoms with Crippen molar-refractivity contribution in [3.63, 3.8) is 0 Å². The molecule has 0 aliphatic heterocycles. The van der Waals surface area contributed by atoms with Crippen molar-refractivity contribution in [2.24, 2.45) is 0 Å². The van der Waals surface area contributed by atoms with Crippen molar-refractivity contribution in [2.45, 2.75) is 38.2 Å². The van der Waals surface area contributed by atoms with Crippen LogP contribution in [0.4, 0.5) is 0 Å². The van der Waals surface area contributed by atoms with Crippen molar-refractivity contribution >= 4 is 12.6 Å². The average molecular weight is 221 g/mol. The summed E-state index contributed by atoms with van der Waals surface area (Å²) in [6, 6.07) is 3.15. The van der Waals surface area contributed by atoms with E-state index >= 15 is 0 Å². The molecule has 2 rings (SSSR count). The maximum Gasteiger partial charge on any atom is 0.488 e. The van der Waals surface area contributed by atoms with Gasteiger partial charge in [-0.05, 0) is 37.2 Å². The van der Waals surface area contributed by atoms with E-state index in [1.54, 1.807) is 12.1 Å². The first-order valence-corrected chi connectivity index (χ1v) is 5.74. The van der Waals surface area contributed by atoms with Crippen LogP contribution < -0.4 is 10.2 Å². The zero-order chi connectivity index (χ0) is 11.4. The molecule has 16 heavy (non-hydrogen) atoms. The van der Waals surface area contributed by atoms with Crippen LogP contribution in [0.3, 0.4) is 0 Å². The highest BCUT2D eigenvalue weighted by Crippen LogP contribution is 2.21. The van der Waals surface area contributed by atoms with E-state index in [9.17, 15) is 0 Å². The number of hydrogen-bond donors (Lipinski definition) is 2. The lowest BCUT2D eigenvalue weighted by molar-refractivity contribution is 0.149. The molecule has 5 heteroatoms. The van der Waals surface area contributed by atoms with E-state index < -0.39 is 7.12 Å². The Hall–Kier alpha value is -1.07. The number of aromatic nitrogens is 1. The predicted molar refractivity (Wildman–Crippen MR) is 61.6 cm³/mol. The van der Waals surface area contributed by atoms with Crippen molar-refractivity contribution in [3.8, 4) is 5.88 Å². The lowest BCUT2D eigenvalue weighted by Crippen LogP contribution is -2.30. The second-order valence-electron chi connectivity index (χ2n) is 4.18. The van der Waals surface area contributed by atoms with E-state index in [1.807, 2.05) is 0 Å². The number of ether oxygens (including phenoxy) is 1. The zero-order valence-electron chi connectivity index (χ0n) is 9.17. The Bertz CT molecular complexity index is 340. The van der Waals surface area contributed by atoms with Gasteiger partial charge in [-0.1, -0.05) is 6.42 Å². The molecule has 1 aliphatic carbocycles. The van der Waals surface area contributed by atoms with Crippen molar-refractivity contribution in [1.29, 1.82) is 0 Å². The topological polar surface area (TPSA) is 62.6 Å². The molecule has 4 nitrogen and oxygen atoms in total. The van der Waals surface area contributed by atoms with Crippen LogP contribution >= 0.6 is 0 Å². The van der Waals surface area contributed by atoms with Crippen LogP contribution in [0.1, 0.15) is 32.1 Å². The van der Waals surface area contributed by atoms with Gasteiger partial charge >= 0.3 is 7.12 Å². The van der Waals surface area contributed by atoms with Crippen molar-refractivity contribution < 1.29 is 14.8 Å². The number of hydrogen-bond acceptors (Lipinski definition) is 4. The molecule has 0 unspecified atom stereocenters. The first kappa shape index (κ1) is 11.4. The minimum atomic E-state index is -1.46. The number of pyridine rings is 1. The maximum absolute atomic E-state index is 9.03. The van der Waals surface area contributed by atoms with Gasteiger partial charge < -0.3 is 14.8 Å². The highest BCUT2D eigenvalue weighted by molar-refractivity contribution is 6.58. The van der Waals surface area contributed by atoms with Crippen LogP contribution in [0.2, 0.25) is 0 Å². The van der Waals surface area contributed by atoms with E-state index in [0.29, 0.717) is 11.3 Å². The Labute approximate surface area is 95.4 Å². The third kappa shape index (κ3) is 2.96. The van der Waals surface area contributed by atoms with Crippen molar-refractivity contribution in [1.82, 2.24) is 4.98 Å². The number of rotatable bonds is 3. The molecule has 1 aromatic rings. The molecule has 0 bridgehead atoms. The lowest BCUT2D eigenvalue weighted by Gasteiger charge is -2.22. The van der Waals surface area contributed by atoms with Crippen molar-refractivity contribution in [2.75, 3.05) is 0 Å². The quantitative estimate of drug-likeness (QED) is 0.728. The monoisotopic (exact) mass is 221 g/mol. The summed E-state index contributed by atoms with van der Waals surface area (Å²) in [5.74, 6) is 0.484. The van der Waals surface area contributed by atoms with Crippen molar-refractivity contribution in [3.05, 3.63) is 18.3 Å². The Kier molecular flexibility index (Phi) is 3.80. The molecule has 0 radical (unpaired) electrons. The van der Waals surface area contributed by atoms with Crippen LogP contribution in [-0.2, 0) is 0 Å². The fourth-order valence-electron chi connectivity index (χ4n) is 2.00. The summed E-state index contributed by atoms with van der Waals surface area (Å²) in [5, 5.41) is 18.1. The molecule has 2 N–H and O–H groups in total. The number of nitrogens with zero attached hydrogens (tertiary/aromatic N) is 1. The van der Waals surface area contributed by atoms with E-state index in [4.69, 9.17) is 14.8 Å². The molecule has 1 aromatic heterocycles. The van der Waals surface area contributed by atoms with Gasteiger partial charge in [-0.25, -0.2) is 4.98 Å². The SMILES string of the molecule is OB(O)c1ccnc(OC2CCCCC2)c1. The van der Waals surface area contributed by atoms with Crippen LogP contribution in [0.25, 0.3) is 0 Å². The van der Waals surface area contributed by atoms with E-state index in [-0.39, 0.29) is 6.10 Å². The summed E-state index contributed by atoms with van der Waals surface area (Å²) in [5.41, 5.74) is 0.417. The van der Waals surface area contributed by atoms with Gasteiger partial charge in [-0.3, -0.25) is 0 Å². The maximum atomic E-state index is 9.03. The molecular formula is C11H16BNO3. The molecule has 0 atom stereocenters. The average Bonchev–Trinajstić information content (AvgIpc) is 2.30. The van der Waals surface area contributed by atoms with Crippen LogP contribution in [-0.4, -0.2) is 28.3 Å². The molecule has 1 saturated carbocycles. The molecule has 0 aromatic carbocycles. The molecular weight excluding hydrogens is 205 g/mol. The largest absolute Gasteiger partial charge is 0.488 e. The third-order valence-electron chi connectivity index (χ3n) is 2.90. The summed E-state index contributed by atoms with van der Waals surface area (Å²) in [6.07, 6.45) is 7.57. The van der Waals surface area contributed by atoms with E-state index in [0.717, 1.165) is 12.8 Å². The van der Waals surface area contributed by atoms with E-state index in [2.05, 4.69) is 4.98 Å². The standard InChI is InChI=1S/C11H16BNO3/c14-12(15)9-6-7-13-11(8-9)16-10-4-2-1-3-5-10/h6-8,10,14-15H,1-5H2. The van der Waals surface area contributed by atoms with Gasteiger partial charge in [0.2, 0.25) is 5.88 Å². The molecule has 1 heterocycles. The predicted octanol–water partition coefficient (Wildman–Crippen LogP) is 0.473. The van der Waals surface area contributed by atoms with Gasteiger partial charge in [0.15, 0.2) is 0 Å². The van der Waals surface area contributed by atoms with Crippen LogP contribution in [0, 0.1) is 0 Å². The summed E-state index contributed by atoms with van der Waals surface area (Å²) in [6.45, 7) is 0. The van der Waals surface area contributed by atoms with E-state index in [1.165, 1.54) is 25.5 Å². The Morgan fingerprint density at radius 1 is 1.25 bits per heavy atom. The van der Waals surface area contributed by atoms with Crippen LogP contribution in [0.15, 0.2) is 18.3 Å². The van der Waals surface area contributed by atoms with Gasteiger partial charge in [-0.15, -0.1) is 0 Å². The fraction of sp³-hybridized carbons (Fsp3) is 0.545. The van der Waals surface area contributed by atoms with Gasteiger partial charge in [-0.2, -0.15) is 0 Å². The summed E-state index contributed by atoms with van der Waals surface area (Å²) < 4.78 is 5.71. The smallest absolute Gasteiger partial charge is 0.474 e. The molecule has 0 amide bonds. The fourth-order valence-corrected chi connectivity index (χ4v) is 2.00. The van der Waals surface area contributed by atoms with Gasteiger partial charge in [0.1, 0.15) is 6.10 Å². The molecule has 1 aliphatic rings. The van der Waals surface area contributed by atoms with Crippen LogP contribution in [0.5, 0.6) is 5.88 Å². The second-order valence-corrected chi connectivity index (χ2v) is 4.18. The third-order valence-corrected chi connectivity index (χ3v) is 2.90. The molecule has 0 saturated heterocycles. The highest BCUT2D eigenvalue weighted by Gasteiger charge is 2.17. The first-order chi connectivity index (χ1) is 7.75. The first-order valence-electron chi connectivity index (χ1n) is 5.74. The highest BCUT2D eigenvalue weighted by atomic mass is 16.5.